The standard InChI is InChI=1S/C12H20N4OS/c1-17-11-7-10(15-12(16-11)18-2)14-8-9-5-3-4-6-13-9/h7,9,13H,3-6,8H2,1-2H3,(H,14,15,16)/t9-/m0/s1. The fraction of sp³-hybridized carbons (Fsp3) is 0.667. The molecular weight excluding hydrogens is 248 g/mol. The second-order valence-electron chi connectivity index (χ2n) is 4.31. The molecule has 5 nitrogen and oxygen atoms in total. The number of ether oxygens (including phenoxy) is 1. The summed E-state index contributed by atoms with van der Waals surface area (Å²) in [5.74, 6) is 1.44. The van der Waals surface area contributed by atoms with Gasteiger partial charge < -0.3 is 15.4 Å². The van der Waals surface area contributed by atoms with Crippen LogP contribution in [0.4, 0.5) is 5.82 Å². The molecular formula is C12H20N4OS. The Hall–Kier alpha value is -1.01. The van der Waals surface area contributed by atoms with E-state index in [0.29, 0.717) is 11.9 Å². The molecule has 0 spiro atoms. The molecule has 1 aliphatic rings. The van der Waals surface area contributed by atoms with E-state index in [9.17, 15) is 0 Å². The Morgan fingerprint density at radius 1 is 1.50 bits per heavy atom. The Morgan fingerprint density at radius 3 is 3.06 bits per heavy atom. The summed E-state index contributed by atoms with van der Waals surface area (Å²) in [5, 5.41) is 7.59. The van der Waals surface area contributed by atoms with Gasteiger partial charge in [0.05, 0.1) is 7.11 Å². The van der Waals surface area contributed by atoms with E-state index in [0.717, 1.165) is 24.1 Å². The summed E-state index contributed by atoms with van der Waals surface area (Å²) in [6, 6.07) is 2.38. The third-order valence-corrected chi connectivity index (χ3v) is 3.56. The number of rotatable bonds is 5. The van der Waals surface area contributed by atoms with Crippen LogP contribution >= 0.6 is 11.8 Å². The van der Waals surface area contributed by atoms with Crippen LogP contribution in [0.2, 0.25) is 0 Å². The number of anilines is 1. The number of aromatic nitrogens is 2. The zero-order chi connectivity index (χ0) is 12.8. The lowest BCUT2D eigenvalue weighted by Gasteiger charge is -2.23. The second kappa shape index (κ2) is 6.80. The van der Waals surface area contributed by atoms with Crippen LogP contribution in [0.1, 0.15) is 19.3 Å². The monoisotopic (exact) mass is 268 g/mol. The first-order chi connectivity index (χ1) is 8.81. The fourth-order valence-corrected chi connectivity index (χ4v) is 2.39. The summed E-state index contributed by atoms with van der Waals surface area (Å²) in [6.45, 7) is 2.02. The SMILES string of the molecule is COc1cc(NC[C@@H]2CCCCN2)nc(SC)n1. The van der Waals surface area contributed by atoms with Crippen molar-refractivity contribution in [1.82, 2.24) is 15.3 Å². The van der Waals surface area contributed by atoms with E-state index in [4.69, 9.17) is 4.74 Å². The summed E-state index contributed by atoms with van der Waals surface area (Å²) in [6.07, 6.45) is 5.78. The minimum atomic E-state index is 0.539. The van der Waals surface area contributed by atoms with Crippen molar-refractivity contribution in [2.24, 2.45) is 0 Å². The van der Waals surface area contributed by atoms with E-state index in [1.807, 2.05) is 12.3 Å². The van der Waals surface area contributed by atoms with Crippen LogP contribution < -0.4 is 15.4 Å². The maximum atomic E-state index is 5.17. The van der Waals surface area contributed by atoms with Crippen LogP contribution in [0.5, 0.6) is 5.88 Å². The van der Waals surface area contributed by atoms with Crippen molar-refractivity contribution in [3.8, 4) is 5.88 Å². The van der Waals surface area contributed by atoms with E-state index in [1.54, 1.807) is 7.11 Å². The van der Waals surface area contributed by atoms with E-state index < -0.39 is 0 Å². The lowest BCUT2D eigenvalue weighted by molar-refractivity contribution is 0.392. The van der Waals surface area contributed by atoms with Crippen LogP contribution in [-0.2, 0) is 0 Å². The van der Waals surface area contributed by atoms with Gasteiger partial charge in [-0.25, -0.2) is 4.98 Å². The number of methoxy groups -OCH3 is 1. The normalized spacial score (nSPS) is 19.6. The van der Waals surface area contributed by atoms with Gasteiger partial charge in [-0.05, 0) is 25.6 Å². The Labute approximate surface area is 112 Å². The molecule has 0 unspecified atom stereocenters. The molecule has 2 heterocycles. The molecule has 0 radical (unpaired) electrons. The predicted molar refractivity (Wildman–Crippen MR) is 74.5 cm³/mol. The smallest absolute Gasteiger partial charge is 0.219 e. The van der Waals surface area contributed by atoms with Crippen molar-refractivity contribution >= 4 is 17.6 Å². The van der Waals surface area contributed by atoms with Crippen LogP contribution in [0, 0.1) is 0 Å². The van der Waals surface area contributed by atoms with E-state index in [2.05, 4.69) is 20.6 Å². The molecule has 0 aliphatic carbocycles. The number of piperidine rings is 1. The molecule has 18 heavy (non-hydrogen) atoms. The lowest BCUT2D eigenvalue weighted by atomic mass is 10.1. The van der Waals surface area contributed by atoms with E-state index >= 15 is 0 Å². The molecule has 6 heteroatoms. The highest BCUT2D eigenvalue weighted by atomic mass is 32.2. The van der Waals surface area contributed by atoms with Crippen molar-refractivity contribution in [2.75, 3.05) is 31.8 Å². The van der Waals surface area contributed by atoms with Crippen LogP contribution in [0.3, 0.4) is 0 Å². The molecule has 1 aromatic heterocycles. The van der Waals surface area contributed by atoms with Crippen molar-refractivity contribution in [3.05, 3.63) is 6.07 Å². The molecule has 100 valence electrons. The summed E-state index contributed by atoms with van der Waals surface area (Å²) >= 11 is 1.52. The van der Waals surface area contributed by atoms with Crippen molar-refractivity contribution in [1.29, 1.82) is 0 Å². The Bertz CT molecular complexity index is 360. The maximum Gasteiger partial charge on any atom is 0.219 e. The first-order valence-corrected chi connectivity index (χ1v) is 7.48. The Balaban J connectivity index is 1.94. The fourth-order valence-electron chi connectivity index (χ4n) is 2.02. The van der Waals surface area contributed by atoms with Gasteiger partial charge >= 0.3 is 0 Å². The molecule has 1 atom stereocenters. The molecule has 1 saturated heterocycles. The molecule has 1 aliphatic heterocycles. The average molecular weight is 268 g/mol. The van der Waals surface area contributed by atoms with Gasteiger partial charge in [0, 0.05) is 18.7 Å². The number of nitrogens with zero attached hydrogens (tertiary/aromatic N) is 2. The molecule has 1 aromatic rings. The second-order valence-corrected chi connectivity index (χ2v) is 5.08. The van der Waals surface area contributed by atoms with Crippen LogP contribution in [-0.4, -0.2) is 42.5 Å². The zero-order valence-corrected chi connectivity index (χ0v) is 11.7. The third kappa shape index (κ3) is 3.74. The van der Waals surface area contributed by atoms with E-state index in [-0.39, 0.29) is 0 Å². The van der Waals surface area contributed by atoms with Crippen LogP contribution in [0.25, 0.3) is 0 Å². The summed E-state index contributed by atoms with van der Waals surface area (Å²) in [4.78, 5) is 8.66. The van der Waals surface area contributed by atoms with Gasteiger partial charge in [-0.2, -0.15) is 4.98 Å². The molecule has 0 aromatic carbocycles. The zero-order valence-electron chi connectivity index (χ0n) is 10.9. The molecule has 2 rings (SSSR count). The first kappa shape index (κ1) is 13.4. The number of nitrogens with one attached hydrogen (secondary N) is 2. The van der Waals surface area contributed by atoms with Crippen LogP contribution in [0.15, 0.2) is 11.2 Å². The molecule has 0 saturated carbocycles. The van der Waals surface area contributed by atoms with Gasteiger partial charge in [-0.15, -0.1) is 0 Å². The van der Waals surface area contributed by atoms with Gasteiger partial charge in [0.1, 0.15) is 5.82 Å². The largest absolute Gasteiger partial charge is 0.481 e. The number of thioether (sulfide) groups is 1. The third-order valence-electron chi connectivity index (χ3n) is 3.02. The van der Waals surface area contributed by atoms with E-state index in [1.165, 1.54) is 31.0 Å². The highest BCUT2D eigenvalue weighted by Crippen LogP contribution is 2.18. The molecule has 0 bridgehead atoms. The van der Waals surface area contributed by atoms with Gasteiger partial charge in [-0.1, -0.05) is 18.2 Å². The molecule has 1 fully saturated rings. The minimum absolute atomic E-state index is 0.539. The topological polar surface area (TPSA) is 59.1 Å². The van der Waals surface area contributed by atoms with Crippen molar-refractivity contribution in [3.63, 3.8) is 0 Å². The first-order valence-electron chi connectivity index (χ1n) is 6.26. The highest BCUT2D eigenvalue weighted by molar-refractivity contribution is 7.98. The van der Waals surface area contributed by atoms with Crippen molar-refractivity contribution in [2.45, 2.75) is 30.5 Å². The maximum absolute atomic E-state index is 5.17. The average Bonchev–Trinajstić information content (AvgIpc) is 2.45. The van der Waals surface area contributed by atoms with Gasteiger partial charge in [0.15, 0.2) is 5.16 Å². The Morgan fingerprint density at radius 2 is 2.39 bits per heavy atom. The number of hydrogen-bond donors (Lipinski definition) is 2. The highest BCUT2D eigenvalue weighted by Gasteiger charge is 2.12. The summed E-state index contributed by atoms with van der Waals surface area (Å²) < 4.78 is 5.17. The number of hydrogen-bond acceptors (Lipinski definition) is 6. The minimum Gasteiger partial charge on any atom is -0.481 e. The quantitative estimate of drug-likeness (QED) is 0.627. The Kier molecular flexibility index (Phi) is 5.07. The lowest BCUT2D eigenvalue weighted by Crippen LogP contribution is -2.39. The van der Waals surface area contributed by atoms with Crippen molar-refractivity contribution < 1.29 is 4.74 Å². The summed E-state index contributed by atoms with van der Waals surface area (Å²) in [7, 11) is 1.62. The van der Waals surface area contributed by atoms with Gasteiger partial charge in [-0.3, -0.25) is 0 Å². The molecule has 0 amide bonds. The van der Waals surface area contributed by atoms with Gasteiger partial charge in [0.2, 0.25) is 5.88 Å². The summed E-state index contributed by atoms with van der Waals surface area (Å²) in [5.41, 5.74) is 0. The molecule has 2 N–H and O–H groups in total. The van der Waals surface area contributed by atoms with Gasteiger partial charge in [0.25, 0.3) is 0 Å². The predicted octanol–water partition coefficient (Wildman–Crippen LogP) is 1.76.